The zero-order valence-electron chi connectivity index (χ0n) is 10.3. The lowest BCUT2D eigenvalue weighted by Crippen LogP contribution is -2.29. The fourth-order valence-corrected chi connectivity index (χ4v) is 2.79. The molecule has 1 amide bonds. The molecule has 92 valence electrons. The Morgan fingerprint density at radius 3 is 2.47 bits per heavy atom. The monoisotopic (exact) mass is 251 g/mol. The molecule has 1 fully saturated rings. The third-order valence-electron chi connectivity index (χ3n) is 2.75. The van der Waals surface area contributed by atoms with Crippen LogP contribution >= 0.6 is 11.8 Å². The summed E-state index contributed by atoms with van der Waals surface area (Å²) in [6.45, 7) is 5.71. The third kappa shape index (κ3) is 3.43. The Balaban J connectivity index is 1.90. The summed E-state index contributed by atoms with van der Waals surface area (Å²) in [7, 11) is 0. The summed E-state index contributed by atoms with van der Waals surface area (Å²) in [6.07, 6.45) is 2.27. The van der Waals surface area contributed by atoms with Crippen molar-refractivity contribution in [3.8, 4) is 0 Å². The fourth-order valence-electron chi connectivity index (χ4n) is 1.94. The molecule has 0 radical (unpaired) electrons. The molecule has 0 aromatic carbocycles. The highest BCUT2D eigenvalue weighted by molar-refractivity contribution is 7.99. The number of hydrogen-bond acceptors (Lipinski definition) is 4. The highest BCUT2D eigenvalue weighted by Crippen LogP contribution is 2.16. The van der Waals surface area contributed by atoms with Crippen molar-refractivity contribution in [1.82, 2.24) is 14.9 Å². The number of aryl methyl sites for hydroxylation is 2. The van der Waals surface area contributed by atoms with Crippen LogP contribution < -0.4 is 0 Å². The lowest BCUT2D eigenvalue weighted by molar-refractivity contribution is -0.127. The van der Waals surface area contributed by atoms with Crippen molar-refractivity contribution in [3.05, 3.63) is 17.5 Å². The Bertz CT molecular complexity index is 396. The zero-order valence-corrected chi connectivity index (χ0v) is 11.1. The Labute approximate surface area is 106 Å². The molecule has 0 atom stereocenters. The van der Waals surface area contributed by atoms with Crippen molar-refractivity contribution in [1.29, 1.82) is 0 Å². The maximum absolute atomic E-state index is 11.8. The molecule has 0 N–H and O–H groups in total. The molecule has 2 heterocycles. The Morgan fingerprint density at radius 1 is 1.29 bits per heavy atom. The molecule has 0 aliphatic carbocycles. The third-order valence-corrected chi connectivity index (χ3v) is 3.58. The molecule has 1 aliphatic rings. The van der Waals surface area contributed by atoms with E-state index in [4.69, 9.17) is 0 Å². The normalized spacial score (nSPS) is 15.3. The van der Waals surface area contributed by atoms with E-state index in [9.17, 15) is 4.79 Å². The molecule has 0 saturated carbocycles. The van der Waals surface area contributed by atoms with Gasteiger partial charge in [0, 0.05) is 24.5 Å². The number of hydrogen-bond donors (Lipinski definition) is 0. The predicted molar refractivity (Wildman–Crippen MR) is 68.0 cm³/mol. The highest BCUT2D eigenvalue weighted by atomic mass is 32.2. The molecule has 0 spiro atoms. The number of nitrogens with zero attached hydrogens (tertiary/aromatic N) is 3. The molecule has 1 aromatic rings. The minimum absolute atomic E-state index is 0.204. The lowest BCUT2D eigenvalue weighted by atomic mass is 10.4. The van der Waals surface area contributed by atoms with E-state index < -0.39 is 0 Å². The molecule has 1 saturated heterocycles. The summed E-state index contributed by atoms with van der Waals surface area (Å²) in [5, 5.41) is 0.704. The average molecular weight is 251 g/mol. The summed E-state index contributed by atoms with van der Waals surface area (Å²) in [4.78, 5) is 22.4. The van der Waals surface area contributed by atoms with E-state index in [1.54, 1.807) is 0 Å². The van der Waals surface area contributed by atoms with Crippen molar-refractivity contribution in [2.24, 2.45) is 0 Å². The minimum Gasteiger partial charge on any atom is -0.342 e. The van der Waals surface area contributed by atoms with Gasteiger partial charge in [-0.3, -0.25) is 4.79 Å². The molecule has 1 aliphatic heterocycles. The minimum atomic E-state index is 0.204. The van der Waals surface area contributed by atoms with Crippen LogP contribution in [0, 0.1) is 13.8 Å². The van der Waals surface area contributed by atoms with Crippen LogP contribution in [0.3, 0.4) is 0 Å². The summed E-state index contributed by atoms with van der Waals surface area (Å²) >= 11 is 1.43. The second-order valence-electron chi connectivity index (χ2n) is 4.31. The second kappa shape index (κ2) is 5.49. The number of thioether (sulfide) groups is 1. The summed E-state index contributed by atoms with van der Waals surface area (Å²) in [6, 6.07) is 1.94. The van der Waals surface area contributed by atoms with Crippen LogP contribution in [0.5, 0.6) is 0 Å². The van der Waals surface area contributed by atoms with E-state index in [-0.39, 0.29) is 5.91 Å². The maximum atomic E-state index is 11.8. The number of amides is 1. The van der Waals surface area contributed by atoms with Crippen molar-refractivity contribution in [3.63, 3.8) is 0 Å². The highest BCUT2D eigenvalue weighted by Gasteiger charge is 2.18. The molecular formula is C12H17N3OS. The van der Waals surface area contributed by atoms with E-state index in [0.717, 1.165) is 37.3 Å². The average Bonchev–Trinajstić information content (AvgIpc) is 2.78. The summed E-state index contributed by atoms with van der Waals surface area (Å²) < 4.78 is 0. The number of aromatic nitrogens is 2. The summed E-state index contributed by atoms with van der Waals surface area (Å²) in [5.41, 5.74) is 1.90. The van der Waals surface area contributed by atoms with E-state index in [0.29, 0.717) is 10.9 Å². The first-order valence-corrected chi connectivity index (χ1v) is 6.86. The van der Waals surface area contributed by atoms with E-state index in [2.05, 4.69) is 9.97 Å². The second-order valence-corrected chi connectivity index (χ2v) is 5.25. The van der Waals surface area contributed by atoms with Crippen LogP contribution in [0.2, 0.25) is 0 Å². The van der Waals surface area contributed by atoms with Crippen LogP contribution in [0.4, 0.5) is 0 Å². The maximum Gasteiger partial charge on any atom is 0.233 e. The fraction of sp³-hybridized carbons (Fsp3) is 0.583. The van der Waals surface area contributed by atoms with Gasteiger partial charge in [0.15, 0.2) is 5.16 Å². The molecule has 4 nitrogen and oxygen atoms in total. The van der Waals surface area contributed by atoms with Crippen LogP contribution in [0.25, 0.3) is 0 Å². The van der Waals surface area contributed by atoms with Gasteiger partial charge in [-0.2, -0.15) is 0 Å². The van der Waals surface area contributed by atoms with E-state index in [1.165, 1.54) is 11.8 Å². The predicted octanol–water partition coefficient (Wildman–Crippen LogP) is 1.81. The first-order valence-electron chi connectivity index (χ1n) is 5.88. The van der Waals surface area contributed by atoms with Gasteiger partial charge < -0.3 is 4.90 Å². The molecular weight excluding hydrogens is 234 g/mol. The molecule has 2 rings (SSSR count). The largest absolute Gasteiger partial charge is 0.342 e. The molecule has 5 heteroatoms. The van der Waals surface area contributed by atoms with Crippen molar-refractivity contribution in [2.45, 2.75) is 31.8 Å². The van der Waals surface area contributed by atoms with Crippen molar-refractivity contribution in [2.75, 3.05) is 18.8 Å². The number of likely N-dealkylation sites (tertiary alicyclic amines) is 1. The number of rotatable bonds is 3. The Morgan fingerprint density at radius 2 is 1.88 bits per heavy atom. The van der Waals surface area contributed by atoms with Crippen LogP contribution in [0.15, 0.2) is 11.2 Å². The molecule has 0 unspecified atom stereocenters. The molecule has 1 aromatic heterocycles. The quantitative estimate of drug-likeness (QED) is 0.607. The molecule has 0 bridgehead atoms. The lowest BCUT2D eigenvalue weighted by Gasteiger charge is -2.14. The Hall–Kier alpha value is -1.10. The van der Waals surface area contributed by atoms with Gasteiger partial charge >= 0.3 is 0 Å². The number of carbonyl (C=O) groups is 1. The van der Waals surface area contributed by atoms with Crippen LogP contribution in [0.1, 0.15) is 24.2 Å². The van der Waals surface area contributed by atoms with Crippen molar-refractivity contribution >= 4 is 17.7 Å². The molecule has 17 heavy (non-hydrogen) atoms. The van der Waals surface area contributed by atoms with E-state index in [1.807, 2.05) is 24.8 Å². The summed E-state index contributed by atoms with van der Waals surface area (Å²) in [5.74, 6) is 0.651. The van der Waals surface area contributed by atoms with Gasteiger partial charge in [0.05, 0.1) is 5.75 Å². The first-order chi connectivity index (χ1) is 8.15. The van der Waals surface area contributed by atoms with Gasteiger partial charge in [0.25, 0.3) is 0 Å². The number of carbonyl (C=O) groups excluding carboxylic acids is 1. The van der Waals surface area contributed by atoms with Gasteiger partial charge in [-0.15, -0.1) is 0 Å². The Kier molecular flexibility index (Phi) is 3.99. The standard InChI is InChI=1S/C12H17N3OS/c1-9-7-10(2)14-12(13-9)17-8-11(16)15-5-3-4-6-15/h7H,3-6,8H2,1-2H3. The smallest absolute Gasteiger partial charge is 0.233 e. The van der Waals surface area contributed by atoms with E-state index >= 15 is 0 Å². The zero-order chi connectivity index (χ0) is 12.3. The SMILES string of the molecule is Cc1cc(C)nc(SCC(=O)N2CCCC2)n1. The topological polar surface area (TPSA) is 46.1 Å². The van der Waals surface area contributed by atoms with Gasteiger partial charge in [-0.25, -0.2) is 9.97 Å². The van der Waals surface area contributed by atoms with Crippen LogP contribution in [-0.2, 0) is 4.79 Å². The van der Waals surface area contributed by atoms with Gasteiger partial charge in [-0.1, -0.05) is 11.8 Å². The van der Waals surface area contributed by atoms with Crippen molar-refractivity contribution < 1.29 is 4.79 Å². The van der Waals surface area contributed by atoms with Gasteiger partial charge in [0.2, 0.25) is 5.91 Å². The first kappa shape index (κ1) is 12.4. The van der Waals surface area contributed by atoms with Gasteiger partial charge in [0.1, 0.15) is 0 Å². The van der Waals surface area contributed by atoms with Crippen LogP contribution in [-0.4, -0.2) is 39.6 Å². The van der Waals surface area contributed by atoms with Gasteiger partial charge in [-0.05, 0) is 32.8 Å².